The zero-order valence-corrected chi connectivity index (χ0v) is 77.5. The average molecular weight is 2250 g/mol. The van der Waals surface area contributed by atoms with Gasteiger partial charge in [-0.3, -0.25) is 15.0 Å². The smallest absolute Gasteiger partial charge is 0.125 e. The van der Waals surface area contributed by atoms with E-state index in [4.69, 9.17) is 49.8 Å². The topological polar surface area (TPSA) is 193 Å². The zero-order chi connectivity index (χ0) is 86.7. The summed E-state index contributed by atoms with van der Waals surface area (Å²) in [5, 5.41) is 32.3. The van der Waals surface area contributed by atoms with Gasteiger partial charge in [-0.15, -0.1) is 22.8 Å². The summed E-state index contributed by atoms with van der Waals surface area (Å²) in [5.74, 6) is 1.06. The van der Waals surface area contributed by atoms with Crippen molar-refractivity contribution < 1.29 is 78.5 Å². The normalized spacial score (nSPS) is 12.1. The summed E-state index contributed by atoms with van der Waals surface area (Å²) < 4.78 is 0. The van der Waals surface area contributed by atoms with E-state index in [1.807, 2.05) is 231 Å². The van der Waals surface area contributed by atoms with Gasteiger partial charge in [-0.2, -0.15) is 0 Å². The number of hydrogen-bond acceptors (Lipinski definition) is 10. The number of aromatic hydroxyl groups is 3. The van der Waals surface area contributed by atoms with Crippen molar-refractivity contribution in [2.24, 2.45) is 0 Å². The molecule has 644 valence electrons. The van der Waals surface area contributed by atoms with E-state index in [2.05, 4.69) is 206 Å². The molecule has 0 fully saturated rings. The fourth-order valence-corrected chi connectivity index (χ4v) is 18.8. The van der Waals surface area contributed by atoms with Crippen molar-refractivity contribution in [3.05, 3.63) is 529 Å². The second kappa shape index (κ2) is 38.2. The molecule has 0 aliphatic heterocycles. The van der Waals surface area contributed by atoms with Crippen LogP contribution in [0, 0.1) is 0 Å². The molecule has 0 amide bonds. The maximum atomic E-state index is 11.0. The quantitative estimate of drug-likeness (QED) is 0.0780. The van der Waals surface area contributed by atoms with Gasteiger partial charge in [0.05, 0.1) is 56.1 Å². The van der Waals surface area contributed by atoms with Crippen molar-refractivity contribution in [1.29, 1.82) is 0 Å². The Hall–Kier alpha value is -15.2. The van der Waals surface area contributed by atoms with Crippen molar-refractivity contribution in [2.45, 2.75) is 16.2 Å². The molecule has 2 aliphatic rings. The fourth-order valence-electron chi connectivity index (χ4n) is 18.8. The third-order valence-electron chi connectivity index (χ3n) is 24.6. The first-order chi connectivity index (χ1) is 63.7. The van der Waals surface area contributed by atoms with Gasteiger partial charge in [-0.05, 0) is 198 Å². The Kier molecular flexibility index (Phi) is 25.3. The summed E-state index contributed by atoms with van der Waals surface area (Å²) in [4.78, 5) is 50.5. The van der Waals surface area contributed by atoms with Crippen LogP contribution in [0.3, 0.4) is 0 Å². The molecule has 132 heavy (non-hydrogen) atoms. The summed E-state index contributed by atoms with van der Waals surface area (Å²) in [7, 11) is 0. The molecule has 9 aromatic heterocycles. The number of pyridine rings is 6. The van der Waals surface area contributed by atoms with Gasteiger partial charge in [0, 0.05) is 115 Å². The number of imidazole rings is 1. The minimum absolute atomic E-state index is 0. The molecule has 0 atom stereocenters. The SMILES string of the molecule is Oc1cc(-c2ccccc2)ccc1-c1cccc(-c2ccc(C3(c4ccccn4)c4ccccc4-c4ccccc43)[n-]2)n1.Oc1ccccc1-c1cc(-c2ccccc2)cc(-c2ccc(C(c3ccccc3)(c3ccccc3)c3ccccn3)[n-]2)n1.Oc1ccccc1-c1ccc(-c2ccccc2)c(-c2ncc(C3(c4ccccn4)c4ccccc4-c4ccccc43)[n-]2)n1.[Pt].[Pt].[Pt]. The molecule has 13 nitrogen and oxygen atoms in total. The van der Waals surface area contributed by atoms with Crippen LogP contribution in [0.2, 0.25) is 0 Å². The van der Waals surface area contributed by atoms with Gasteiger partial charge in [0.25, 0.3) is 0 Å². The summed E-state index contributed by atoms with van der Waals surface area (Å²) in [6.45, 7) is 0. The van der Waals surface area contributed by atoms with Crippen molar-refractivity contribution in [1.82, 2.24) is 49.8 Å². The number of benzene rings is 12. The van der Waals surface area contributed by atoms with Crippen LogP contribution in [0.4, 0.5) is 0 Å². The Bertz CT molecular complexity index is 7430. The van der Waals surface area contributed by atoms with Crippen molar-refractivity contribution in [2.75, 3.05) is 0 Å². The molecule has 2 aliphatic carbocycles. The van der Waals surface area contributed by atoms with Gasteiger partial charge in [-0.1, -0.05) is 340 Å². The summed E-state index contributed by atoms with van der Waals surface area (Å²) in [6, 6.07) is 146. The molecular weight excluding hydrogens is 2170 g/mol. The van der Waals surface area contributed by atoms with Gasteiger partial charge in [0.1, 0.15) is 17.2 Å². The second-order valence-electron chi connectivity index (χ2n) is 31.8. The van der Waals surface area contributed by atoms with E-state index in [-0.39, 0.29) is 80.4 Å². The summed E-state index contributed by atoms with van der Waals surface area (Å²) in [6.07, 6.45) is 7.39. The Morgan fingerprint density at radius 3 is 1.18 bits per heavy atom. The van der Waals surface area contributed by atoms with E-state index < -0.39 is 16.2 Å². The molecule has 0 unspecified atom stereocenters. The number of hydrogen-bond donors (Lipinski definition) is 3. The fraction of sp³-hybridized carbons (Fsp3) is 0.0259. The van der Waals surface area contributed by atoms with E-state index in [1.54, 1.807) is 24.3 Å². The number of aromatic nitrogens is 10. The van der Waals surface area contributed by atoms with Crippen LogP contribution in [0.15, 0.2) is 462 Å². The van der Waals surface area contributed by atoms with Crippen LogP contribution in [0.5, 0.6) is 17.2 Å². The largest absolute Gasteiger partial charge is 0.658 e. The number of phenols is 3. The molecule has 0 radical (unpaired) electrons. The van der Waals surface area contributed by atoms with E-state index in [0.717, 1.165) is 124 Å². The van der Waals surface area contributed by atoms with Gasteiger partial charge >= 0.3 is 0 Å². The first kappa shape index (κ1) is 87.5. The first-order valence-corrected chi connectivity index (χ1v) is 42.8. The van der Waals surface area contributed by atoms with Gasteiger partial charge < -0.3 is 35.3 Å². The molecule has 21 aromatic rings. The number of fused-ring (bicyclic) bond motifs is 6. The van der Waals surface area contributed by atoms with Crippen molar-refractivity contribution in [3.63, 3.8) is 0 Å². The van der Waals surface area contributed by atoms with Crippen LogP contribution in [-0.2, 0) is 79.4 Å². The number of nitrogens with zero attached hydrogens (tertiary/aromatic N) is 10. The standard InChI is InChI=1S/C39H26N3O.C39H28N3O.C38H25N4O.3Pt/c43-36-25-27(26-11-2-1-3-12-26)20-21-30(36)33-17-10-18-34(41-33)35-22-23-38(42-35)39(37-19-8-9-24-40-37)31-15-6-4-13-28(31)29-14-5-7-16-32(29)39;43-36-21-11-10-20-32(36)34-26-29(28-14-4-1-5-15-28)27-35(41-34)33-23-24-38(42-33)39(30-16-6-2-7-17-30,31-18-8-3-9-19-31)37-22-12-13-25-40-37;43-33-19-9-6-16-29(33)32-22-21-26(25-12-2-1-3-13-25)36(41-32)37-40-24-35(42-37)38(34-20-10-11-23-39-34)30-17-7-4-14-27(30)28-15-5-8-18-31(28)38;;;/h1-25H,(H-,41,42,43);1-27H,(H-,41,42,43);1-24H,(H-,40,41,42,43);;;/q3*-1;;;. The van der Waals surface area contributed by atoms with Gasteiger partial charge in [-0.25, -0.2) is 15.0 Å². The average Bonchev–Trinajstić information content (AvgIpc) is 1.54. The summed E-state index contributed by atoms with van der Waals surface area (Å²) in [5.41, 5.74) is 28.2. The molecule has 9 heterocycles. The Morgan fingerprint density at radius 2 is 0.659 bits per heavy atom. The first-order valence-electron chi connectivity index (χ1n) is 42.8. The maximum absolute atomic E-state index is 11.0. The minimum Gasteiger partial charge on any atom is -0.658 e. The molecule has 3 N–H and O–H groups in total. The van der Waals surface area contributed by atoms with E-state index >= 15 is 0 Å². The predicted molar refractivity (Wildman–Crippen MR) is 511 cm³/mol. The molecule has 0 bridgehead atoms. The summed E-state index contributed by atoms with van der Waals surface area (Å²) >= 11 is 0. The van der Waals surface area contributed by atoms with Crippen LogP contribution in [0.25, 0.3) is 124 Å². The Morgan fingerprint density at radius 1 is 0.242 bits per heavy atom. The molecule has 0 spiro atoms. The number of rotatable bonds is 17. The number of para-hydroxylation sites is 2. The molecular formula is C116H79N10O3Pt3-3. The predicted octanol–water partition coefficient (Wildman–Crippen LogP) is 24.9. The second-order valence-corrected chi connectivity index (χ2v) is 31.8. The Labute approximate surface area is 807 Å². The zero-order valence-electron chi connectivity index (χ0n) is 70.6. The van der Waals surface area contributed by atoms with Crippen molar-refractivity contribution >= 4 is 0 Å². The van der Waals surface area contributed by atoms with Gasteiger partial charge in [0.2, 0.25) is 0 Å². The number of phenolic OH excluding ortho intramolecular Hbond substituents is 3. The van der Waals surface area contributed by atoms with E-state index in [1.165, 1.54) is 22.3 Å². The third kappa shape index (κ3) is 15.9. The molecule has 0 saturated carbocycles. The maximum Gasteiger partial charge on any atom is 0.125 e. The molecule has 12 aromatic carbocycles. The minimum atomic E-state index is -0.750. The monoisotopic (exact) mass is 2240 g/mol. The van der Waals surface area contributed by atoms with Crippen LogP contribution in [0.1, 0.15) is 67.5 Å². The van der Waals surface area contributed by atoms with Crippen molar-refractivity contribution in [3.8, 4) is 141 Å². The third-order valence-corrected chi connectivity index (χ3v) is 24.6. The van der Waals surface area contributed by atoms with E-state index in [0.29, 0.717) is 45.3 Å². The van der Waals surface area contributed by atoms with E-state index in [9.17, 15) is 15.3 Å². The molecule has 16 heteroatoms. The van der Waals surface area contributed by atoms with Crippen LogP contribution < -0.4 is 15.0 Å². The van der Waals surface area contributed by atoms with Crippen LogP contribution in [-0.4, -0.2) is 50.2 Å². The van der Waals surface area contributed by atoms with Crippen LogP contribution >= 0.6 is 0 Å². The molecule has 0 saturated heterocycles. The Balaban J connectivity index is 0.000000131. The van der Waals surface area contributed by atoms with Gasteiger partial charge in [0.15, 0.2) is 0 Å². The molecule has 23 rings (SSSR count).